The van der Waals surface area contributed by atoms with Crippen LogP contribution in [-0.4, -0.2) is 59.0 Å². The summed E-state index contributed by atoms with van der Waals surface area (Å²) >= 11 is 3.49. The van der Waals surface area contributed by atoms with Crippen LogP contribution in [0.1, 0.15) is 49.9 Å². The van der Waals surface area contributed by atoms with Crippen molar-refractivity contribution in [3.05, 3.63) is 100 Å². The first-order valence-corrected chi connectivity index (χ1v) is 14.6. The van der Waals surface area contributed by atoms with Gasteiger partial charge in [0, 0.05) is 55.3 Å². The summed E-state index contributed by atoms with van der Waals surface area (Å²) in [6.07, 6.45) is 7.98. The van der Waals surface area contributed by atoms with E-state index in [0.29, 0.717) is 39.3 Å². The Morgan fingerprint density at radius 3 is 2.38 bits per heavy atom. The van der Waals surface area contributed by atoms with Crippen molar-refractivity contribution in [3.8, 4) is 0 Å². The van der Waals surface area contributed by atoms with E-state index in [9.17, 15) is 9.59 Å². The number of carbonyl (C=O) groups excluding carboxylic acids is 2. The molecule has 0 aliphatic rings. The van der Waals surface area contributed by atoms with Gasteiger partial charge in [-0.2, -0.15) is 0 Å². The maximum Gasteiger partial charge on any atom is 0.247 e. The second-order valence-corrected chi connectivity index (χ2v) is 10.4. The van der Waals surface area contributed by atoms with Crippen LogP contribution in [0.5, 0.6) is 0 Å². The largest absolute Gasteiger partial charge is 0.382 e. The zero-order chi connectivity index (χ0) is 27.9. The lowest BCUT2D eigenvalue weighted by molar-refractivity contribution is -0.138. The van der Waals surface area contributed by atoms with Crippen molar-refractivity contribution in [1.82, 2.24) is 14.4 Å². The second-order valence-electron chi connectivity index (χ2n) is 9.48. The third-order valence-electron chi connectivity index (χ3n) is 6.45. The molecule has 0 N–H and O–H groups in total. The Hall–Kier alpha value is -3.16. The first kappa shape index (κ1) is 30.4. The number of nitrogens with zero attached hydrogens (tertiary/aromatic N) is 3. The second kappa shape index (κ2) is 16.7. The lowest BCUT2D eigenvalue weighted by atomic mass is 10.2. The van der Waals surface area contributed by atoms with Gasteiger partial charge in [0.15, 0.2) is 0 Å². The van der Waals surface area contributed by atoms with E-state index in [1.165, 1.54) is 5.56 Å². The maximum atomic E-state index is 13.6. The van der Waals surface area contributed by atoms with E-state index < -0.39 is 0 Å². The smallest absolute Gasteiger partial charge is 0.247 e. The Morgan fingerprint density at radius 2 is 1.67 bits per heavy atom. The average Bonchev–Trinajstić information content (AvgIpc) is 3.39. The van der Waals surface area contributed by atoms with Crippen molar-refractivity contribution in [3.63, 3.8) is 0 Å². The zero-order valence-corrected chi connectivity index (χ0v) is 24.7. The molecule has 0 saturated carbocycles. The Bertz CT molecular complexity index is 1170. The highest BCUT2D eigenvalue weighted by Crippen LogP contribution is 2.15. The van der Waals surface area contributed by atoms with Crippen LogP contribution in [0, 0.1) is 0 Å². The monoisotopic (exact) mass is 593 g/mol. The quantitative estimate of drug-likeness (QED) is 0.143. The minimum atomic E-state index is -0.169. The molecule has 2 amide bonds. The van der Waals surface area contributed by atoms with Gasteiger partial charge in [0.2, 0.25) is 11.8 Å². The molecule has 0 unspecified atom stereocenters. The van der Waals surface area contributed by atoms with Crippen LogP contribution >= 0.6 is 15.9 Å². The number of ether oxygens (including phenoxy) is 1. The van der Waals surface area contributed by atoms with Crippen LogP contribution in [0.25, 0.3) is 6.08 Å². The Morgan fingerprint density at radius 1 is 0.923 bits per heavy atom. The van der Waals surface area contributed by atoms with Gasteiger partial charge in [-0.05, 0) is 61.2 Å². The minimum Gasteiger partial charge on any atom is -0.382 e. The van der Waals surface area contributed by atoms with Crippen LogP contribution in [-0.2, 0) is 27.4 Å². The summed E-state index contributed by atoms with van der Waals surface area (Å²) in [6.45, 7) is 7.66. The molecule has 0 spiro atoms. The highest BCUT2D eigenvalue weighted by atomic mass is 79.9. The van der Waals surface area contributed by atoms with E-state index in [2.05, 4.69) is 51.8 Å². The van der Waals surface area contributed by atoms with Crippen LogP contribution in [0.3, 0.4) is 0 Å². The summed E-state index contributed by atoms with van der Waals surface area (Å²) in [4.78, 5) is 30.3. The van der Waals surface area contributed by atoms with Gasteiger partial charge in [0.25, 0.3) is 0 Å². The van der Waals surface area contributed by atoms with Gasteiger partial charge in [0.05, 0.1) is 6.54 Å². The number of benzene rings is 2. The molecule has 2 aromatic carbocycles. The molecule has 1 heterocycles. The van der Waals surface area contributed by atoms with E-state index >= 15 is 0 Å². The van der Waals surface area contributed by atoms with Gasteiger partial charge < -0.3 is 19.1 Å². The number of rotatable bonds is 16. The molecule has 39 heavy (non-hydrogen) atoms. The number of hydrogen-bond donors (Lipinski definition) is 0. The SMILES string of the molecule is CCCCN(Cc1cccn1Cc1ccc(Br)cc1)C(=O)CN(CCCOCC)C(=O)C=Cc1ccccc1. The molecule has 0 atom stereocenters. The fourth-order valence-electron chi connectivity index (χ4n) is 4.24. The molecule has 7 heteroatoms. The minimum absolute atomic E-state index is 0.0429. The van der Waals surface area contributed by atoms with E-state index in [1.807, 2.05) is 60.4 Å². The number of aromatic nitrogens is 1. The van der Waals surface area contributed by atoms with E-state index in [-0.39, 0.29) is 18.4 Å². The topological polar surface area (TPSA) is 54.8 Å². The molecular weight excluding hydrogens is 554 g/mol. The molecule has 0 aliphatic carbocycles. The van der Waals surface area contributed by atoms with Crippen LogP contribution in [0.4, 0.5) is 0 Å². The number of unbranched alkanes of at least 4 members (excludes halogenated alkanes) is 1. The summed E-state index contributed by atoms with van der Waals surface area (Å²) in [7, 11) is 0. The first-order chi connectivity index (χ1) is 19.0. The molecule has 208 valence electrons. The Labute approximate surface area is 241 Å². The predicted molar refractivity (Wildman–Crippen MR) is 161 cm³/mol. The van der Waals surface area contributed by atoms with Crippen molar-refractivity contribution in [2.24, 2.45) is 0 Å². The van der Waals surface area contributed by atoms with Crippen molar-refractivity contribution in [2.45, 2.75) is 46.2 Å². The molecule has 0 bridgehead atoms. The molecule has 0 radical (unpaired) electrons. The lowest BCUT2D eigenvalue weighted by Gasteiger charge is -2.28. The van der Waals surface area contributed by atoms with Crippen LogP contribution in [0.2, 0.25) is 0 Å². The third-order valence-corrected chi connectivity index (χ3v) is 6.98. The van der Waals surface area contributed by atoms with E-state index in [4.69, 9.17) is 4.74 Å². The molecule has 6 nitrogen and oxygen atoms in total. The predicted octanol–water partition coefficient (Wildman–Crippen LogP) is 6.40. The first-order valence-electron chi connectivity index (χ1n) is 13.8. The highest BCUT2D eigenvalue weighted by molar-refractivity contribution is 9.10. The van der Waals surface area contributed by atoms with Crippen molar-refractivity contribution in [2.75, 3.05) is 32.8 Å². The third kappa shape index (κ3) is 10.5. The van der Waals surface area contributed by atoms with Gasteiger partial charge in [-0.1, -0.05) is 71.7 Å². The molecule has 0 aliphatic heterocycles. The number of hydrogen-bond acceptors (Lipinski definition) is 3. The van der Waals surface area contributed by atoms with Gasteiger partial charge in [0.1, 0.15) is 6.54 Å². The fourth-order valence-corrected chi connectivity index (χ4v) is 4.50. The summed E-state index contributed by atoms with van der Waals surface area (Å²) in [5, 5.41) is 0. The number of carbonyl (C=O) groups is 2. The zero-order valence-electron chi connectivity index (χ0n) is 23.1. The maximum absolute atomic E-state index is 13.6. The average molecular weight is 595 g/mol. The molecule has 0 saturated heterocycles. The standard InChI is InChI=1S/C32H40BrN3O3/c1-3-5-20-35(25-30-13-9-21-34(30)24-28-14-17-29(33)18-15-28)32(38)26-36(22-10-23-39-4-2)31(37)19-16-27-11-7-6-8-12-27/h6-9,11-19,21H,3-5,10,20,22-26H2,1-2H3. The van der Waals surface area contributed by atoms with Gasteiger partial charge in [-0.3, -0.25) is 9.59 Å². The lowest BCUT2D eigenvalue weighted by Crippen LogP contribution is -2.43. The van der Waals surface area contributed by atoms with Crippen molar-refractivity contribution >= 4 is 33.8 Å². The van der Waals surface area contributed by atoms with Crippen molar-refractivity contribution < 1.29 is 14.3 Å². The molecule has 0 fully saturated rings. The Kier molecular flexibility index (Phi) is 13.0. The van der Waals surface area contributed by atoms with E-state index in [0.717, 1.165) is 35.1 Å². The normalized spacial score (nSPS) is 11.2. The summed E-state index contributed by atoms with van der Waals surface area (Å²) in [5.74, 6) is -0.213. The van der Waals surface area contributed by atoms with Gasteiger partial charge >= 0.3 is 0 Å². The molecular formula is C32H40BrN3O3. The Balaban J connectivity index is 1.72. The van der Waals surface area contributed by atoms with Crippen molar-refractivity contribution in [1.29, 1.82) is 0 Å². The number of halogens is 1. The molecule has 3 aromatic rings. The number of amides is 2. The summed E-state index contributed by atoms with van der Waals surface area (Å²) in [5.41, 5.74) is 3.21. The highest BCUT2D eigenvalue weighted by Gasteiger charge is 2.21. The molecule has 1 aromatic heterocycles. The van der Waals surface area contributed by atoms with E-state index in [1.54, 1.807) is 17.1 Å². The summed E-state index contributed by atoms with van der Waals surface area (Å²) in [6, 6.07) is 22.1. The van der Waals surface area contributed by atoms with Crippen LogP contribution < -0.4 is 0 Å². The molecule has 3 rings (SSSR count). The van der Waals surface area contributed by atoms with Crippen LogP contribution in [0.15, 0.2) is 83.5 Å². The van der Waals surface area contributed by atoms with Gasteiger partial charge in [-0.25, -0.2) is 0 Å². The summed E-state index contributed by atoms with van der Waals surface area (Å²) < 4.78 is 8.71. The van der Waals surface area contributed by atoms with Gasteiger partial charge in [-0.15, -0.1) is 0 Å². The fraction of sp³-hybridized carbons (Fsp3) is 0.375.